The lowest BCUT2D eigenvalue weighted by Gasteiger charge is -2.12. The van der Waals surface area contributed by atoms with E-state index >= 15 is 0 Å². The van der Waals surface area contributed by atoms with Crippen molar-refractivity contribution in [2.75, 3.05) is 10.9 Å². The van der Waals surface area contributed by atoms with E-state index < -0.39 is 0 Å². The van der Waals surface area contributed by atoms with E-state index in [2.05, 4.69) is 53.5 Å². The summed E-state index contributed by atoms with van der Waals surface area (Å²) < 4.78 is 2.28. The van der Waals surface area contributed by atoms with Crippen molar-refractivity contribution in [3.05, 3.63) is 71.8 Å². The second kappa shape index (κ2) is 6.80. The molecule has 0 radical (unpaired) electrons. The lowest BCUT2D eigenvalue weighted by atomic mass is 10.1. The molecule has 0 atom stereocenters. The van der Waals surface area contributed by atoms with E-state index in [-0.39, 0.29) is 5.78 Å². The Bertz CT molecular complexity index is 1160. The van der Waals surface area contributed by atoms with Gasteiger partial charge in [0.2, 0.25) is 0 Å². The van der Waals surface area contributed by atoms with Gasteiger partial charge in [0.1, 0.15) is 0 Å². The summed E-state index contributed by atoms with van der Waals surface area (Å²) in [5.74, 6) is 0.0878. The molecule has 1 heterocycles. The van der Waals surface area contributed by atoms with Crippen LogP contribution in [0.5, 0.6) is 0 Å². The van der Waals surface area contributed by atoms with Gasteiger partial charge in [-0.15, -0.1) is 0 Å². The Balaban J connectivity index is 1.78. The van der Waals surface area contributed by atoms with Crippen LogP contribution in [-0.4, -0.2) is 10.4 Å². The van der Waals surface area contributed by atoms with Gasteiger partial charge in [-0.25, -0.2) is 0 Å². The van der Waals surface area contributed by atoms with Crippen molar-refractivity contribution in [1.29, 1.82) is 0 Å². The second-order valence-electron chi connectivity index (χ2n) is 6.83. The molecule has 0 aliphatic rings. The van der Waals surface area contributed by atoms with Gasteiger partial charge in [0.25, 0.3) is 0 Å². The molecule has 27 heavy (non-hydrogen) atoms. The maximum absolute atomic E-state index is 11.8. The van der Waals surface area contributed by atoms with Crippen molar-refractivity contribution in [2.45, 2.75) is 27.3 Å². The zero-order valence-electron chi connectivity index (χ0n) is 15.8. The number of carbonyl (C=O) groups excluding carboxylic acids is 1. The molecular formula is C23H23N3O. The highest BCUT2D eigenvalue weighted by molar-refractivity contribution is 6.11. The molecule has 0 spiro atoms. The minimum absolute atomic E-state index is 0.0878. The molecule has 136 valence electrons. The number of aromatic nitrogens is 1. The van der Waals surface area contributed by atoms with Crippen LogP contribution in [0.3, 0.4) is 0 Å². The van der Waals surface area contributed by atoms with Crippen molar-refractivity contribution >= 4 is 39.0 Å². The molecule has 0 unspecified atom stereocenters. The van der Waals surface area contributed by atoms with Crippen molar-refractivity contribution in [2.24, 2.45) is 0 Å². The number of fused-ring (bicyclic) bond motifs is 3. The lowest BCUT2D eigenvalue weighted by Crippen LogP contribution is -2.09. The number of hydrogen-bond donors (Lipinski definition) is 2. The van der Waals surface area contributed by atoms with Crippen molar-refractivity contribution < 1.29 is 4.79 Å². The highest BCUT2D eigenvalue weighted by Gasteiger charge is 2.12. The molecule has 0 bridgehead atoms. The van der Waals surface area contributed by atoms with E-state index in [1.54, 1.807) is 6.92 Å². The van der Waals surface area contributed by atoms with Crippen molar-refractivity contribution in [3.63, 3.8) is 0 Å². The number of Topliss-reactive ketones (excluding diaryl/α,β-unsaturated/α-hetero) is 1. The van der Waals surface area contributed by atoms with Gasteiger partial charge in [0, 0.05) is 33.9 Å². The Morgan fingerprint density at radius 1 is 0.926 bits per heavy atom. The monoisotopic (exact) mass is 357 g/mol. The lowest BCUT2D eigenvalue weighted by molar-refractivity contribution is 0.101. The van der Waals surface area contributed by atoms with Crippen LogP contribution < -0.4 is 10.9 Å². The van der Waals surface area contributed by atoms with Crippen LogP contribution in [0.1, 0.15) is 29.8 Å². The first-order chi connectivity index (χ1) is 13.1. The number of ketones is 1. The van der Waals surface area contributed by atoms with Gasteiger partial charge in [-0.2, -0.15) is 0 Å². The number of hydrazine groups is 1. The highest BCUT2D eigenvalue weighted by atomic mass is 16.1. The number of carbonyl (C=O) groups is 1. The van der Waals surface area contributed by atoms with Gasteiger partial charge in [-0.05, 0) is 68.8 Å². The quantitative estimate of drug-likeness (QED) is 0.352. The molecule has 1 aromatic heterocycles. The third-order valence-electron chi connectivity index (χ3n) is 5.07. The van der Waals surface area contributed by atoms with E-state index in [1.807, 2.05) is 36.4 Å². The molecule has 4 nitrogen and oxygen atoms in total. The Morgan fingerprint density at radius 2 is 1.63 bits per heavy atom. The Kier molecular flexibility index (Phi) is 4.32. The standard InChI is InChI=1S/C23H23N3O/c1-4-26-22-11-9-17(16(3)27)13-19(22)20-14-18(10-12-23(20)26)24-25-21-8-6-5-7-15(21)2/h5-14,24-25H,4H2,1-3H3. The van der Waals surface area contributed by atoms with Crippen LogP contribution >= 0.6 is 0 Å². The molecule has 4 rings (SSSR count). The van der Waals surface area contributed by atoms with Crippen LogP contribution in [0.4, 0.5) is 11.4 Å². The third-order valence-corrected chi connectivity index (χ3v) is 5.07. The van der Waals surface area contributed by atoms with E-state index in [1.165, 1.54) is 11.1 Å². The minimum atomic E-state index is 0.0878. The first-order valence-corrected chi connectivity index (χ1v) is 9.23. The number of para-hydroxylation sites is 1. The summed E-state index contributed by atoms with van der Waals surface area (Å²) >= 11 is 0. The molecule has 0 amide bonds. The number of benzene rings is 3. The first kappa shape index (κ1) is 17.2. The maximum atomic E-state index is 11.8. The molecule has 2 N–H and O–H groups in total. The van der Waals surface area contributed by atoms with Crippen molar-refractivity contribution in [1.82, 2.24) is 4.57 Å². The Morgan fingerprint density at radius 3 is 2.33 bits per heavy atom. The molecule has 3 aromatic carbocycles. The smallest absolute Gasteiger partial charge is 0.159 e. The largest absolute Gasteiger partial charge is 0.341 e. The number of anilines is 2. The predicted molar refractivity (Wildman–Crippen MR) is 114 cm³/mol. The van der Waals surface area contributed by atoms with Gasteiger partial charge in [0.05, 0.1) is 11.4 Å². The highest BCUT2D eigenvalue weighted by Crippen LogP contribution is 2.32. The summed E-state index contributed by atoms with van der Waals surface area (Å²) in [5, 5.41) is 2.26. The number of nitrogens with zero attached hydrogens (tertiary/aromatic N) is 1. The van der Waals surface area contributed by atoms with Crippen LogP contribution in [0.2, 0.25) is 0 Å². The average molecular weight is 357 g/mol. The van der Waals surface area contributed by atoms with Crippen LogP contribution in [-0.2, 0) is 6.54 Å². The molecule has 4 aromatic rings. The molecular weight excluding hydrogens is 334 g/mol. The van der Waals surface area contributed by atoms with Gasteiger partial charge in [-0.1, -0.05) is 18.2 Å². The van der Waals surface area contributed by atoms with Crippen LogP contribution in [0.25, 0.3) is 21.8 Å². The molecule has 0 saturated heterocycles. The molecule has 0 aliphatic carbocycles. The van der Waals surface area contributed by atoms with Gasteiger partial charge >= 0.3 is 0 Å². The summed E-state index contributed by atoms with van der Waals surface area (Å²) in [6, 6.07) is 20.5. The molecule has 0 fully saturated rings. The first-order valence-electron chi connectivity index (χ1n) is 9.23. The van der Waals surface area contributed by atoms with Crippen LogP contribution in [0.15, 0.2) is 60.7 Å². The van der Waals surface area contributed by atoms with E-state index in [9.17, 15) is 4.79 Å². The van der Waals surface area contributed by atoms with Crippen LogP contribution in [0, 0.1) is 6.92 Å². The molecule has 4 heteroatoms. The predicted octanol–water partition coefficient (Wildman–Crippen LogP) is 5.76. The van der Waals surface area contributed by atoms with Gasteiger partial charge < -0.3 is 15.4 Å². The summed E-state index contributed by atoms with van der Waals surface area (Å²) in [5.41, 5.74) is 12.9. The summed E-state index contributed by atoms with van der Waals surface area (Å²) in [6.07, 6.45) is 0. The topological polar surface area (TPSA) is 46.1 Å². The Labute approximate surface area is 158 Å². The number of aryl methyl sites for hydroxylation is 2. The SMILES string of the molecule is CCn1c2ccc(NNc3ccccc3C)cc2c2cc(C(C)=O)ccc21. The molecule has 0 aliphatic heterocycles. The summed E-state index contributed by atoms with van der Waals surface area (Å²) in [6.45, 7) is 6.71. The number of nitrogens with one attached hydrogen (secondary N) is 2. The van der Waals surface area contributed by atoms with E-state index in [0.717, 1.165) is 39.8 Å². The zero-order chi connectivity index (χ0) is 19.0. The second-order valence-corrected chi connectivity index (χ2v) is 6.83. The zero-order valence-corrected chi connectivity index (χ0v) is 15.8. The molecule has 0 saturated carbocycles. The summed E-state index contributed by atoms with van der Waals surface area (Å²) in [7, 11) is 0. The summed E-state index contributed by atoms with van der Waals surface area (Å²) in [4.78, 5) is 11.8. The van der Waals surface area contributed by atoms with Crippen molar-refractivity contribution in [3.8, 4) is 0 Å². The van der Waals surface area contributed by atoms with E-state index in [0.29, 0.717) is 0 Å². The normalized spacial score (nSPS) is 11.1. The number of hydrogen-bond acceptors (Lipinski definition) is 3. The maximum Gasteiger partial charge on any atom is 0.159 e. The third kappa shape index (κ3) is 3.04. The number of rotatable bonds is 5. The fourth-order valence-corrected chi connectivity index (χ4v) is 3.59. The average Bonchev–Trinajstić information content (AvgIpc) is 2.99. The van der Waals surface area contributed by atoms with E-state index in [4.69, 9.17) is 0 Å². The fraction of sp³-hybridized carbons (Fsp3) is 0.174. The minimum Gasteiger partial charge on any atom is -0.341 e. The Hall–Kier alpha value is -3.27. The van der Waals surface area contributed by atoms with Gasteiger partial charge in [-0.3, -0.25) is 4.79 Å². The van der Waals surface area contributed by atoms with Gasteiger partial charge in [0.15, 0.2) is 5.78 Å². The fourth-order valence-electron chi connectivity index (χ4n) is 3.59.